The van der Waals surface area contributed by atoms with Crippen LogP contribution in [0.15, 0.2) is 94.5 Å². The molecule has 2 atom stereocenters. The fourth-order valence-electron chi connectivity index (χ4n) is 9.17. The number of allylic oxidation sites excluding steroid dienone is 1. The van der Waals surface area contributed by atoms with Crippen LogP contribution in [0.1, 0.15) is 56.0 Å². The Balaban J connectivity index is 0.987. The summed E-state index contributed by atoms with van der Waals surface area (Å²) in [6.45, 7) is 12.8. The minimum Gasteiger partial charge on any atom is -0.377 e. The summed E-state index contributed by atoms with van der Waals surface area (Å²) in [7, 11) is -4.58. The van der Waals surface area contributed by atoms with Gasteiger partial charge in [0.1, 0.15) is 16.4 Å². The van der Waals surface area contributed by atoms with E-state index in [-0.39, 0.29) is 34.6 Å². The number of nitro groups is 1. The molecule has 0 unspecified atom stereocenters. The molecule has 2 fully saturated rings. The number of H-pyrrole nitrogens is 1. The van der Waals surface area contributed by atoms with Crippen molar-refractivity contribution in [2.45, 2.75) is 61.3 Å². The van der Waals surface area contributed by atoms with Crippen LogP contribution in [-0.4, -0.2) is 111 Å². The molecule has 2 saturated heterocycles. The van der Waals surface area contributed by atoms with E-state index < -0.39 is 31.4 Å². The van der Waals surface area contributed by atoms with Gasteiger partial charge in [-0.1, -0.05) is 61.8 Å². The third-order valence-corrected chi connectivity index (χ3v) is 15.3. The average molecular weight is 942 g/mol. The van der Waals surface area contributed by atoms with Gasteiger partial charge in [0.2, 0.25) is 0 Å². The van der Waals surface area contributed by atoms with E-state index in [4.69, 9.17) is 26.1 Å². The van der Waals surface area contributed by atoms with Crippen LogP contribution in [0.25, 0.3) is 16.6 Å². The number of benzene rings is 3. The molecule has 0 saturated carbocycles. The molecule has 3 N–H and O–H groups in total. The zero-order chi connectivity index (χ0) is 45.5. The monoisotopic (exact) mass is 940 g/mol. The molecule has 1 amide bonds. The van der Waals surface area contributed by atoms with Crippen molar-refractivity contribution in [1.29, 1.82) is 0 Å². The summed E-state index contributed by atoms with van der Waals surface area (Å²) in [5.41, 5.74) is 7.17. The van der Waals surface area contributed by atoms with Gasteiger partial charge in [-0.25, -0.2) is 18.1 Å². The normalized spacial score (nSPS) is 20.4. The van der Waals surface area contributed by atoms with Crippen LogP contribution < -0.4 is 19.8 Å². The SMILES string of the molecule is C[C@H]1CN(c2cc(N3CCN(CC4=C(c5ccc(Cl)cc5)CC(C)(C)CC4)CC3)ccc2C(=O)NS(=O)(=O)c2ccc(NC[C@H]3COCCO3)c([N+](=O)[O-])c2)c2cc3cc[nH]c3nc2S1. The maximum Gasteiger partial charge on any atom is 0.293 e. The number of thioether (sulfide) groups is 1. The first-order valence-corrected chi connectivity index (χ1v) is 24.7. The number of aromatic amines is 1. The maximum absolute atomic E-state index is 14.4. The topological polar surface area (TPSA) is 175 Å². The fourth-order valence-corrected chi connectivity index (χ4v) is 11.3. The summed E-state index contributed by atoms with van der Waals surface area (Å²) in [6.07, 6.45) is 4.73. The minimum absolute atomic E-state index is 0.0802. The van der Waals surface area contributed by atoms with Gasteiger partial charge in [-0.05, 0) is 90.4 Å². The van der Waals surface area contributed by atoms with Crippen molar-refractivity contribution >= 4 is 84.3 Å². The number of aromatic nitrogens is 2. The van der Waals surface area contributed by atoms with Crippen LogP contribution >= 0.6 is 23.4 Å². The number of rotatable bonds is 12. The number of nitro benzene ring substituents is 1. The lowest BCUT2D eigenvalue weighted by molar-refractivity contribution is -0.384. The molecule has 9 rings (SSSR count). The zero-order valence-electron chi connectivity index (χ0n) is 36.6. The van der Waals surface area contributed by atoms with E-state index in [1.165, 1.54) is 28.8 Å². The Bertz CT molecular complexity index is 2750. The number of ether oxygens (including phenoxy) is 2. The number of carbonyl (C=O) groups excluding carboxylic acids is 1. The molecule has 0 spiro atoms. The number of hydrogen-bond donors (Lipinski definition) is 3. The van der Waals surface area contributed by atoms with E-state index >= 15 is 0 Å². The third-order valence-electron chi connectivity index (χ3n) is 12.7. The number of nitrogens with one attached hydrogen (secondary N) is 3. The number of amides is 1. The van der Waals surface area contributed by atoms with Crippen molar-refractivity contribution in [2.24, 2.45) is 5.41 Å². The van der Waals surface area contributed by atoms with E-state index in [2.05, 4.69) is 62.6 Å². The lowest BCUT2D eigenvalue weighted by Crippen LogP contribution is -2.47. The highest BCUT2D eigenvalue weighted by Gasteiger charge is 2.33. The molecule has 5 heterocycles. The predicted molar refractivity (Wildman–Crippen MR) is 256 cm³/mol. The molecule has 18 heteroatoms. The number of sulfonamides is 1. The van der Waals surface area contributed by atoms with Gasteiger partial charge in [-0.3, -0.25) is 19.8 Å². The molecular weight excluding hydrogens is 888 g/mol. The van der Waals surface area contributed by atoms with E-state index in [1.54, 1.807) is 17.8 Å². The van der Waals surface area contributed by atoms with Gasteiger partial charge >= 0.3 is 0 Å². The quantitative estimate of drug-likeness (QED) is 0.0803. The highest BCUT2D eigenvalue weighted by Crippen LogP contribution is 2.45. The van der Waals surface area contributed by atoms with Gasteiger partial charge in [0.05, 0.1) is 52.7 Å². The van der Waals surface area contributed by atoms with E-state index in [0.29, 0.717) is 32.1 Å². The summed E-state index contributed by atoms with van der Waals surface area (Å²) in [4.78, 5) is 40.5. The van der Waals surface area contributed by atoms with Crippen LogP contribution in [0.3, 0.4) is 0 Å². The number of piperazine rings is 1. The summed E-state index contributed by atoms with van der Waals surface area (Å²) in [6, 6.07) is 21.2. The van der Waals surface area contributed by atoms with Gasteiger partial charge < -0.3 is 29.6 Å². The number of pyridine rings is 1. The number of nitrogens with zero attached hydrogens (tertiary/aromatic N) is 5. The summed E-state index contributed by atoms with van der Waals surface area (Å²) in [5, 5.41) is 17.7. The second kappa shape index (κ2) is 18.6. The molecule has 2 aromatic heterocycles. The van der Waals surface area contributed by atoms with Crippen molar-refractivity contribution in [3.63, 3.8) is 0 Å². The lowest BCUT2D eigenvalue weighted by Gasteiger charge is -2.40. The smallest absolute Gasteiger partial charge is 0.293 e. The Morgan fingerprint density at radius 2 is 1.83 bits per heavy atom. The molecule has 0 bridgehead atoms. The zero-order valence-corrected chi connectivity index (χ0v) is 39.0. The first-order chi connectivity index (χ1) is 31.2. The van der Waals surface area contributed by atoms with E-state index in [9.17, 15) is 23.3 Å². The molecule has 5 aromatic rings. The van der Waals surface area contributed by atoms with Crippen LogP contribution in [0, 0.1) is 15.5 Å². The highest BCUT2D eigenvalue weighted by atomic mass is 35.5. The molecule has 65 heavy (non-hydrogen) atoms. The maximum atomic E-state index is 14.4. The average Bonchev–Trinajstić information content (AvgIpc) is 3.76. The van der Waals surface area contributed by atoms with Gasteiger partial charge in [0, 0.05) is 79.4 Å². The van der Waals surface area contributed by atoms with Gasteiger partial charge in [0.25, 0.3) is 21.6 Å². The van der Waals surface area contributed by atoms with E-state index in [0.717, 1.165) is 90.5 Å². The Morgan fingerprint density at radius 3 is 2.58 bits per heavy atom. The van der Waals surface area contributed by atoms with Gasteiger partial charge in [-0.2, -0.15) is 0 Å². The molecule has 342 valence electrons. The molecule has 3 aromatic carbocycles. The third kappa shape index (κ3) is 10.0. The van der Waals surface area contributed by atoms with Gasteiger partial charge in [-0.15, -0.1) is 0 Å². The molecule has 3 aliphatic heterocycles. The first-order valence-electron chi connectivity index (χ1n) is 22.0. The summed E-state index contributed by atoms with van der Waals surface area (Å²) < 4.78 is 41.2. The van der Waals surface area contributed by atoms with Crippen LogP contribution in [0.2, 0.25) is 5.02 Å². The Kier molecular flexibility index (Phi) is 12.9. The largest absolute Gasteiger partial charge is 0.377 e. The molecule has 0 radical (unpaired) electrons. The Labute approximate surface area is 388 Å². The number of carbonyl (C=O) groups is 1. The number of hydrogen-bond acceptors (Lipinski definition) is 13. The second-order valence-corrected chi connectivity index (χ2v) is 21.5. The second-order valence-electron chi connectivity index (χ2n) is 18.0. The Hall–Kier alpha value is -5.17. The molecular formula is C47H53ClN8O7S2. The van der Waals surface area contributed by atoms with Crippen molar-refractivity contribution < 1.29 is 27.6 Å². The lowest BCUT2D eigenvalue weighted by atomic mass is 9.72. The molecule has 4 aliphatic rings. The van der Waals surface area contributed by atoms with Crippen LogP contribution in [-0.2, 0) is 19.5 Å². The van der Waals surface area contributed by atoms with Crippen molar-refractivity contribution in [2.75, 3.05) is 80.8 Å². The minimum atomic E-state index is -4.58. The van der Waals surface area contributed by atoms with E-state index in [1.807, 2.05) is 42.6 Å². The summed E-state index contributed by atoms with van der Waals surface area (Å²) >= 11 is 7.92. The standard InChI is InChI=1S/C47H53ClN8O7S2/c1-30-27-55(43-22-32-13-15-49-44(32)51-46(43)64-30)41-23-35(54-18-16-53(17-19-54)28-33-12-14-47(2,3)25-39(33)31-4-6-34(48)7-5-31)8-10-38(41)45(57)52-65(60,61)37-9-11-40(42(24-37)56(58)59)50-26-36-29-62-20-21-63-36/h4-11,13,15,22-24,30,36,50H,12,14,16-21,25-29H2,1-3H3,(H,49,51)(H,52,57)/t30-,36-/m0/s1. The molecule has 15 nitrogen and oxygen atoms in total. The predicted octanol–water partition coefficient (Wildman–Crippen LogP) is 8.49. The Morgan fingerprint density at radius 1 is 1.03 bits per heavy atom. The number of fused-ring (bicyclic) bond motifs is 2. The summed E-state index contributed by atoms with van der Waals surface area (Å²) in [5.74, 6) is -0.862. The molecule has 1 aliphatic carbocycles. The highest BCUT2D eigenvalue weighted by molar-refractivity contribution is 8.00. The first kappa shape index (κ1) is 45.0. The van der Waals surface area contributed by atoms with Crippen molar-refractivity contribution in [3.8, 4) is 0 Å². The van der Waals surface area contributed by atoms with Crippen LogP contribution in [0.5, 0.6) is 0 Å². The van der Waals surface area contributed by atoms with Crippen molar-refractivity contribution in [3.05, 3.63) is 111 Å². The number of anilines is 4. The number of halogens is 1. The fraction of sp³-hybridized carbons (Fsp3) is 0.404. The van der Waals surface area contributed by atoms with Gasteiger partial charge in [0.15, 0.2) is 0 Å². The van der Waals surface area contributed by atoms with Crippen molar-refractivity contribution in [1.82, 2.24) is 19.6 Å². The van der Waals surface area contributed by atoms with Crippen LogP contribution in [0.4, 0.5) is 28.4 Å².